The summed E-state index contributed by atoms with van der Waals surface area (Å²) in [5.41, 5.74) is 9.98. The lowest BCUT2D eigenvalue weighted by Gasteiger charge is -2.09. The molecule has 0 atom stereocenters. The molecule has 0 amide bonds. The smallest absolute Gasteiger partial charge is 0.161 e. The molecule has 3 heterocycles. The van der Waals surface area contributed by atoms with Crippen LogP contribution in [0.5, 0.6) is 0 Å². The molecule has 0 saturated carbocycles. The van der Waals surface area contributed by atoms with Crippen LogP contribution in [-0.2, 0) is 0 Å². The zero-order valence-electron chi connectivity index (χ0n) is 22.0. The van der Waals surface area contributed by atoms with E-state index in [0.717, 1.165) is 49.8 Å². The Hall–Kier alpha value is -5.12. The van der Waals surface area contributed by atoms with Crippen LogP contribution in [0, 0.1) is 0 Å². The number of aromatic nitrogens is 1. The van der Waals surface area contributed by atoms with E-state index in [0.29, 0.717) is 0 Å². The Morgan fingerprint density at radius 2 is 1.15 bits per heavy atom. The molecular formula is C38H23NOS. The molecular weight excluding hydrogens is 518 g/mol. The molecule has 0 saturated heterocycles. The van der Waals surface area contributed by atoms with E-state index in [-0.39, 0.29) is 0 Å². The zero-order valence-corrected chi connectivity index (χ0v) is 22.9. The molecule has 9 rings (SSSR count). The van der Waals surface area contributed by atoms with Crippen LogP contribution in [0.15, 0.2) is 144 Å². The molecule has 41 heavy (non-hydrogen) atoms. The van der Waals surface area contributed by atoms with Gasteiger partial charge in [0, 0.05) is 42.2 Å². The van der Waals surface area contributed by atoms with Crippen LogP contribution in [0.25, 0.3) is 81.1 Å². The molecule has 0 fully saturated rings. The van der Waals surface area contributed by atoms with Gasteiger partial charge in [0.1, 0.15) is 11.1 Å². The lowest BCUT2D eigenvalue weighted by atomic mass is 9.97. The predicted octanol–water partition coefficient (Wildman–Crippen LogP) is 11.2. The molecule has 6 aromatic carbocycles. The van der Waals surface area contributed by atoms with Crippen molar-refractivity contribution in [2.45, 2.75) is 0 Å². The molecule has 0 bridgehead atoms. The van der Waals surface area contributed by atoms with Gasteiger partial charge in [-0.15, -0.1) is 11.3 Å². The number of para-hydroxylation sites is 3. The lowest BCUT2D eigenvalue weighted by Crippen LogP contribution is -1.92. The van der Waals surface area contributed by atoms with Crippen LogP contribution in [0.1, 0.15) is 0 Å². The Bertz CT molecular complexity index is 2420. The first-order valence-electron chi connectivity index (χ1n) is 13.9. The van der Waals surface area contributed by atoms with Gasteiger partial charge in [-0.2, -0.15) is 0 Å². The van der Waals surface area contributed by atoms with E-state index in [1.807, 2.05) is 11.3 Å². The molecule has 192 valence electrons. The van der Waals surface area contributed by atoms with E-state index in [2.05, 4.69) is 144 Å². The van der Waals surface area contributed by atoms with E-state index in [4.69, 9.17) is 4.42 Å². The first-order valence-corrected chi connectivity index (χ1v) is 14.7. The van der Waals surface area contributed by atoms with Gasteiger partial charge < -0.3 is 8.98 Å². The second-order valence-electron chi connectivity index (χ2n) is 10.5. The van der Waals surface area contributed by atoms with E-state index in [1.54, 1.807) is 0 Å². The molecule has 9 aromatic rings. The highest BCUT2D eigenvalue weighted by Crippen LogP contribution is 2.44. The van der Waals surface area contributed by atoms with E-state index in [9.17, 15) is 0 Å². The second kappa shape index (κ2) is 8.69. The average molecular weight is 542 g/mol. The first kappa shape index (κ1) is 22.7. The Morgan fingerprint density at radius 1 is 0.488 bits per heavy atom. The third-order valence-electron chi connectivity index (χ3n) is 8.21. The van der Waals surface area contributed by atoms with Crippen LogP contribution in [-0.4, -0.2) is 4.57 Å². The van der Waals surface area contributed by atoms with E-state index < -0.39 is 0 Å². The van der Waals surface area contributed by atoms with Gasteiger partial charge in [-0.1, -0.05) is 97.1 Å². The largest absolute Gasteiger partial charge is 0.453 e. The minimum Gasteiger partial charge on any atom is -0.453 e. The fourth-order valence-corrected chi connectivity index (χ4v) is 7.63. The summed E-state index contributed by atoms with van der Waals surface area (Å²) >= 11 is 1.87. The van der Waals surface area contributed by atoms with Gasteiger partial charge in [0.05, 0.1) is 5.52 Å². The fraction of sp³-hybridized carbons (Fsp3) is 0. The summed E-state index contributed by atoms with van der Waals surface area (Å²) in [6, 6.07) is 49.8. The second-order valence-corrected chi connectivity index (χ2v) is 11.6. The predicted molar refractivity (Wildman–Crippen MR) is 174 cm³/mol. The number of hydrogen-bond donors (Lipinski definition) is 0. The average Bonchev–Trinajstić information content (AvgIpc) is 3.70. The van der Waals surface area contributed by atoms with Crippen molar-refractivity contribution in [1.82, 2.24) is 4.57 Å². The fourth-order valence-electron chi connectivity index (χ4n) is 6.39. The van der Waals surface area contributed by atoms with Gasteiger partial charge in [-0.3, -0.25) is 0 Å². The highest BCUT2D eigenvalue weighted by atomic mass is 32.1. The van der Waals surface area contributed by atoms with E-state index >= 15 is 0 Å². The molecule has 0 unspecified atom stereocenters. The zero-order chi connectivity index (χ0) is 26.9. The third-order valence-corrected chi connectivity index (χ3v) is 9.43. The Balaban J connectivity index is 1.28. The topological polar surface area (TPSA) is 18.1 Å². The summed E-state index contributed by atoms with van der Waals surface area (Å²) in [6.07, 6.45) is 0. The molecule has 3 heteroatoms. The van der Waals surface area contributed by atoms with Crippen molar-refractivity contribution >= 4 is 64.5 Å². The number of benzene rings is 6. The van der Waals surface area contributed by atoms with Crippen molar-refractivity contribution in [1.29, 1.82) is 0 Å². The Kier molecular flexibility index (Phi) is 4.80. The van der Waals surface area contributed by atoms with Crippen molar-refractivity contribution in [3.63, 3.8) is 0 Å². The third kappa shape index (κ3) is 3.30. The SMILES string of the molecule is c1ccc(-n2c3ccccc3c3oc4c(-c5cccc(-c6cccc7c6sc6ccccc67)c5)cccc4c32)cc1. The number of fused-ring (bicyclic) bond motifs is 8. The van der Waals surface area contributed by atoms with Crippen LogP contribution in [0.2, 0.25) is 0 Å². The van der Waals surface area contributed by atoms with Crippen molar-refractivity contribution in [2.75, 3.05) is 0 Å². The summed E-state index contributed by atoms with van der Waals surface area (Å²) in [4.78, 5) is 0. The quantitative estimate of drug-likeness (QED) is 0.217. The minimum absolute atomic E-state index is 0.921. The molecule has 3 aromatic heterocycles. The van der Waals surface area contributed by atoms with Crippen molar-refractivity contribution < 1.29 is 4.42 Å². The summed E-state index contributed by atoms with van der Waals surface area (Å²) in [6.45, 7) is 0. The standard InChI is InChI=1S/C38H23NOS/c1-2-13-26(14-3-1)39-33-21-6-4-16-31(33)37-35(39)32-20-9-17-27(36(32)40-37)24-11-8-12-25(23-24)28-18-10-19-30-29-15-5-7-22-34(29)41-38(28)30/h1-23H. The van der Waals surface area contributed by atoms with Gasteiger partial charge in [0.15, 0.2) is 5.58 Å². The molecule has 0 radical (unpaired) electrons. The van der Waals surface area contributed by atoms with Gasteiger partial charge in [0.2, 0.25) is 0 Å². The van der Waals surface area contributed by atoms with Crippen LogP contribution in [0.3, 0.4) is 0 Å². The highest BCUT2D eigenvalue weighted by molar-refractivity contribution is 7.26. The molecule has 0 aliphatic rings. The molecule has 2 nitrogen and oxygen atoms in total. The molecule has 0 aliphatic carbocycles. The van der Waals surface area contributed by atoms with Gasteiger partial charge in [0.25, 0.3) is 0 Å². The molecule has 0 N–H and O–H groups in total. The lowest BCUT2D eigenvalue weighted by molar-refractivity contribution is 0.674. The number of furan rings is 1. The number of hydrogen-bond acceptors (Lipinski definition) is 2. The summed E-state index contributed by atoms with van der Waals surface area (Å²) < 4.78 is 11.8. The summed E-state index contributed by atoms with van der Waals surface area (Å²) in [5, 5.41) is 4.88. The first-order chi connectivity index (χ1) is 20.3. The monoisotopic (exact) mass is 541 g/mol. The summed E-state index contributed by atoms with van der Waals surface area (Å²) in [5.74, 6) is 0. The van der Waals surface area contributed by atoms with E-state index in [1.165, 1.54) is 31.3 Å². The van der Waals surface area contributed by atoms with Gasteiger partial charge in [-0.05, 0) is 59.2 Å². The normalized spacial score (nSPS) is 11.9. The van der Waals surface area contributed by atoms with Gasteiger partial charge >= 0.3 is 0 Å². The van der Waals surface area contributed by atoms with Crippen LogP contribution >= 0.6 is 11.3 Å². The minimum atomic E-state index is 0.921. The number of thiophene rings is 1. The molecule has 0 aliphatic heterocycles. The number of nitrogens with zero attached hydrogens (tertiary/aromatic N) is 1. The van der Waals surface area contributed by atoms with Crippen molar-refractivity contribution in [3.8, 4) is 27.9 Å². The summed E-state index contributed by atoms with van der Waals surface area (Å²) in [7, 11) is 0. The Labute approximate surface area is 240 Å². The maximum absolute atomic E-state index is 6.79. The maximum Gasteiger partial charge on any atom is 0.161 e. The Morgan fingerprint density at radius 3 is 2.02 bits per heavy atom. The van der Waals surface area contributed by atoms with Crippen LogP contribution < -0.4 is 0 Å². The maximum atomic E-state index is 6.79. The van der Waals surface area contributed by atoms with Crippen molar-refractivity contribution in [2.24, 2.45) is 0 Å². The van der Waals surface area contributed by atoms with Crippen LogP contribution in [0.4, 0.5) is 0 Å². The number of rotatable bonds is 3. The van der Waals surface area contributed by atoms with Crippen molar-refractivity contribution in [3.05, 3.63) is 140 Å². The highest BCUT2D eigenvalue weighted by Gasteiger charge is 2.21. The molecule has 0 spiro atoms. The van der Waals surface area contributed by atoms with Gasteiger partial charge in [-0.25, -0.2) is 0 Å².